The fraction of sp³-hybridized carbons (Fsp3) is 0.500. The van der Waals surface area contributed by atoms with Gasteiger partial charge in [0.1, 0.15) is 12.8 Å². The maximum absolute atomic E-state index is 11.8. The smallest absolute Gasteiger partial charge is 0.323 e. The lowest BCUT2D eigenvalue weighted by Crippen LogP contribution is -2.42. The highest BCUT2D eigenvalue weighted by Crippen LogP contribution is 2.24. The minimum absolute atomic E-state index is 0.0208. The molecule has 0 saturated carbocycles. The summed E-state index contributed by atoms with van der Waals surface area (Å²) in [4.78, 5) is 32.2. The van der Waals surface area contributed by atoms with Crippen LogP contribution in [0.5, 0.6) is 0 Å². The van der Waals surface area contributed by atoms with Crippen molar-refractivity contribution in [3.8, 4) is 10.8 Å². The van der Waals surface area contributed by atoms with Crippen molar-refractivity contribution in [2.45, 2.75) is 38.8 Å². The summed E-state index contributed by atoms with van der Waals surface area (Å²) in [6.45, 7) is 3.60. The van der Waals surface area contributed by atoms with E-state index in [2.05, 4.69) is 9.88 Å². The van der Waals surface area contributed by atoms with Crippen LogP contribution in [0.3, 0.4) is 0 Å². The Labute approximate surface area is 156 Å². The zero-order valence-electron chi connectivity index (χ0n) is 14.8. The van der Waals surface area contributed by atoms with Crippen molar-refractivity contribution in [2.75, 3.05) is 19.6 Å². The normalized spacial score (nSPS) is 18.4. The molecule has 1 N–H and O–H groups in total. The molecule has 1 aliphatic heterocycles. The van der Waals surface area contributed by atoms with E-state index in [0.29, 0.717) is 12.4 Å². The molecule has 140 valence electrons. The number of likely N-dealkylation sites (tertiary alicyclic amines) is 1. The van der Waals surface area contributed by atoms with E-state index in [-0.39, 0.29) is 18.5 Å². The van der Waals surface area contributed by atoms with Crippen LogP contribution in [0.1, 0.15) is 31.9 Å². The van der Waals surface area contributed by atoms with Crippen LogP contribution in [-0.2, 0) is 16.1 Å². The number of carboxylic acid groups (broad SMARTS) is 1. The van der Waals surface area contributed by atoms with Gasteiger partial charge in [-0.15, -0.1) is 11.3 Å². The number of hydrogen-bond donors (Lipinski definition) is 1. The molecule has 1 amide bonds. The zero-order valence-corrected chi connectivity index (χ0v) is 15.6. The van der Waals surface area contributed by atoms with Gasteiger partial charge in [-0.3, -0.25) is 14.5 Å². The third kappa shape index (κ3) is 4.70. The topological polar surface area (TPSA) is 86.9 Å². The van der Waals surface area contributed by atoms with Crippen LogP contribution in [0.4, 0.5) is 0 Å². The van der Waals surface area contributed by atoms with Crippen LogP contribution in [0.15, 0.2) is 28.2 Å². The fourth-order valence-electron chi connectivity index (χ4n) is 3.37. The average Bonchev–Trinajstić information content (AvgIpc) is 3.21. The van der Waals surface area contributed by atoms with E-state index in [1.807, 2.05) is 17.5 Å². The summed E-state index contributed by atoms with van der Waals surface area (Å²) in [5, 5.41) is 11.0. The molecule has 2 aromatic heterocycles. The maximum atomic E-state index is 11.8. The fourth-order valence-corrected chi connectivity index (χ4v) is 4.03. The molecule has 2 aromatic rings. The number of nitrogens with zero attached hydrogens (tertiary/aromatic N) is 3. The molecular formula is C18H23N3O4S. The summed E-state index contributed by atoms with van der Waals surface area (Å²) in [6.07, 6.45) is 4.21. The summed E-state index contributed by atoms with van der Waals surface area (Å²) in [6, 6.07) is 3.93. The highest BCUT2D eigenvalue weighted by molar-refractivity contribution is 7.13. The Hall–Kier alpha value is -2.19. The van der Waals surface area contributed by atoms with E-state index in [1.54, 1.807) is 17.6 Å². The lowest BCUT2D eigenvalue weighted by Gasteiger charge is -2.28. The molecule has 0 aliphatic carbocycles. The Morgan fingerprint density at radius 2 is 2.27 bits per heavy atom. The monoisotopic (exact) mass is 377 g/mol. The molecule has 3 rings (SSSR count). The first-order valence-electron chi connectivity index (χ1n) is 8.72. The van der Waals surface area contributed by atoms with Gasteiger partial charge in [-0.1, -0.05) is 6.07 Å². The number of carbonyl (C=O) groups is 2. The summed E-state index contributed by atoms with van der Waals surface area (Å²) in [7, 11) is 0. The highest BCUT2D eigenvalue weighted by atomic mass is 32.1. The number of oxazole rings is 1. The Morgan fingerprint density at radius 3 is 2.96 bits per heavy atom. The quantitative estimate of drug-likeness (QED) is 0.833. The summed E-state index contributed by atoms with van der Waals surface area (Å²) in [5.74, 6) is -0.500. The second-order valence-electron chi connectivity index (χ2n) is 6.52. The first-order valence-corrected chi connectivity index (χ1v) is 9.60. The molecule has 0 radical (unpaired) electrons. The van der Waals surface area contributed by atoms with Gasteiger partial charge in [0, 0.05) is 26.1 Å². The van der Waals surface area contributed by atoms with E-state index in [4.69, 9.17) is 9.52 Å². The maximum Gasteiger partial charge on any atom is 0.323 e. The zero-order chi connectivity index (χ0) is 18.5. The van der Waals surface area contributed by atoms with Crippen LogP contribution < -0.4 is 0 Å². The predicted molar refractivity (Wildman–Crippen MR) is 97.8 cm³/mol. The number of aliphatic carboxylic acids is 1. The molecule has 1 unspecified atom stereocenters. The average molecular weight is 377 g/mol. The van der Waals surface area contributed by atoms with Gasteiger partial charge in [-0.2, -0.15) is 0 Å². The SMILES string of the molecule is CC(=O)N(CC(=O)O)C1CCCN(Cc2coc(-c3cccs3)n2)CC1. The van der Waals surface area contributed by atoms with E-state index in [0.717, 1.165) is 42.9 Å². The molecule has 0 aromatic carbocycles. The summed E-state index contributed by atoms with van der Waals surface area (Å²) >= 11 is 1.59. The van der Waals surface area contributed by atoms with Gasteiger partial charge in [0.2, 0.25) is 11.8 Å². The number of amides is 1. The molecule has 7 nitrogen and oxygen atoms in total. The van der Waals surface area contributed by atoms with Crippen molar-refractivity contribution in [1.82, 2.24) is 14.8 Å². The summed E-state index contributed by atoms with van der Waals surface area (Å²) < 4.78 is 5.57. The van der Waals surface area contributed by atoms with Gasteiger partial charge in [0.05, 0.1) is 10.6 Å². The van der Waals surface area contributed by atoms with Gasteiger partial charge in [-0.05, 0) is 37.3 Å². The number of thiophene rings is 1. The number of aromatic nitrogens is 1. The van der Waals surface area contributed by atoms with Crippen LogP contribution in [-0.4, -0.2) is 57.4 Å². The van der Waals surface area contributed by atoms with Crippen LogP contribution in [0, 0.1) is 0 Å². The van der Waals surface area contributed by atoms with Crippen molar-refractivity contribution in [2.24, 2.45) is 0 Å². The van der Waals surface area contributed by atoms with Gasteiger partial charge in [-0.25, -0.2) is 4.98 Å². The molecule has 3 heterocycles. The van der Waals surface area contributed by atoms with Crippen LogP contribution in [0.25, 0.3) is 10.8 Å². The summed E-state index contributed by atoms with van der Waals surface area (Å²) in [5.41, 5.74) is 0.890. The van der Waals surface area contributed by atoms with E-state index in [1.165, 1.54) is 11.8 Å². The third-order valence-corrected chi connectivity index (χ3v) is 5.47. The molecule has 1 aliphatic rings. The lowest BCUT2D eigenvalue weighted by molar-refractivity contribution is -0.145. The molecule has 1 saturated heterocycles. The molecule has 8 heteroatoms. The van der Waals surface area contributed by atoms with Crippen molar-refractivity contribution < 1.29 is 19.1 Å². The first-order chi connectivity index (χ1) is 12.5. The Bertz CT molecular complexity index is 743. The van der Waals surface area contributed by atoms with Crippen molar-refractivity contribution >= 4 is 23.2 Å². The van der Waals surface area contributed by atoms with E-state index >= 15 is 0 Å². The second-order valence-corrected chi connectivity index (χ2v) is 7.47. The number of carbonyl (C=O) groups excluding carboxylic acids is 1. The van der Waals surface area contributed by atoms with E-state index in [9.17, 15) is 9.59 Å². The first kappa shape index (κ1) is 18.6. The standard InChI is InChI=1S/C18H23N3O4S/c1-13(22)21(11-17(23)24)15-4-2-7-20(8-6-15)10-14-12-25-18(19-14)16-5-3-9-26-16/h3,5,9,12,15H,2,4,6-8,10-11H2,1H3,(H,23,24). The minimum Gasteiger partial charge on any atom is -0.480 e. The lowest BCUT2D eigenvalue weighted by atomic mass is 10.1. The van der Waals surface area contributed by atoms with Gasteiger partial charge in [0.25, 0.3) is 0 Å². The van der Waals surface area contributed by atoms with Crippen molar-refractivity contribution in [3.63, 3.8) is 0 Å². The number of hydrogen-bond acceptors (Lipinski definition) is 6. The third-order valence-electron chi connectivity index (χ3n) is 4.61. The molecule has 1 atom stereocenters. The van der Waals surface area contributed by atoms with Gasteiger partial charge in [0.15, 0.2) is 0 Å². The van der Waals surface area contributed by atoms with Crippen LogP contribution >= 0.6 is 11.3 Å². The predicted octanol–water partition coefficient (Wildman–Crippen LogP) is 2.69. The largest absolute Gasteiger partial charge is 0.480 e. The van der Waals surface area contributed by atoms with Crippen LogP contribution in [0.2, 0.25) is 0 Å². The Balaban J connectivity index is 1.58. The number of rotatable bonds is 6. The van der Waals surface area contributed by atoms with Gasteiger partial charge < -0.3 is 14.4 Å². The Kier molecular flexibility index (Phi) is 6.05. The molecule has 26 heavy (non-hydrogen) atoms. The molecule has 0 bridgehead atoms. The highest BCUT2D eigenvalue weighted by Gasteiger charge is 2.26. The van der Waals surface area contributed by atoms with Gasteiger partial charge >= 0.3 is 5.97 Å². The van der Waals surface area contributed by atoms with E-state index < -0.39 is 5.97 Å². The number of carboxylic acids is 1. The van der Waals surface area contributed by atoms with Crippen molar-refractivity contribution in [1.29, 1.82) is 0 Å². The molecule has 1 fully saturated rings. The second kappa shape index (κ2) is 8.46. The minimum atomic E-state index is -0.968. The molecule has 0 spiro atoms. The van der Waals surface area contributed by atoms with Crippen molar-refractivity contribution in [3.05, 3.63) is 29.5 Å². The Morgan fingerprint density at radius 1 is 1.42 bits per heavy atom. The molecular weight excluding hydrogens is 354 g/mol.